The average molecular weight is 257 g/mol. The maximum absolute atomic E-state index is 13.2. The molecule has 2 atom stereocenters. The summed E-state index contributed by atoms with van der Waals surface area (Å²) in [5.74, 6) is -1.62. The molecule has 0 fully saturated rings. The molecule has 102 valence electrons. The summed E-state index contributed by atoms with van der Waals surface area (Å²) in [6, 6.07) is 4.05. The van der Waals surface area contributed by atoms with Gasteiger partial charge in [0.1, 0.15) is 0 Å². The first kappa shape index (κ1) is 15.1. The standard InChI is InChI=1S/C14H21F2NO/c1-5-14(2,18-4)13(17-3)9-10-6-7-11(15)12(16)8-10/h6-8,13,17H,5,9H2,1-4H3. The predicted molar refractivity (Wildman–Crippen MR) is 68.6 cm³/mol. The molecule has 0 spiro atoms. The Labute approximate surface area is 107 Å². The normalized spacial score (nSPS) is 16.3. The fraction of sp³-hybridized carbons (Fsp3) is 0.571. The maximum Gasteiger partial charge on any atom is 0.159 e. The minimum atomic E-state index is -0.815. The van der Waals surface area contributed by atoms with Crippen LogP contribution in [0.1, 0.15) is 25.8 Å². The molecule has 4 heteroatoms. The van der Waals surface area contributed by atoms with Gasteiger partial charge in [0.25, 0.3) is 0 Å². The van der Waals surface area contributed by atoms with E-state index < -0.39 is 11.6 Å². The highest BCUT2D eigenvalue weighted by Crippen LogP contribution is 2.22. The third-order valence-corrected chi connectivity index (χ3v) is 3.68. The van der Waals surface area contributed by atoms with E-state index in [4.69, 9.17) is 4.74 Å². The molecule has 0 aliphatic rings. The highest BCUT2D eigenvalue weighted by Gasteiger charge is 2.31. The molecule has 0 bridgehead atoms. The van der Waals surface area contributed by atoms with E-state index in [0.717, 1.165) is 18.1 Å². The Morgan fingerprint density at radius 1 is 1.33 bits per heavy atom. The summed E-state index contributed by atoms with van der Waals surface area (Å²) in [5, 5.41) is 3.19. The van der Waals surface area contributed by atoms with Crippen molar-refractivity contribution in [1.29, 1.82) is 0 Å². The number of rotatable bonds is 6. The second-order valence-electron chi connectivity index (χ2n) is 4.66. The molecule has 0 radical (unpaired) electrons. The molecule has 18 heavy (non-hydrogen) atoms. The van der Waals surface area contributed by atoms with Crippen molar-refractivity contribution in [2.45, 2.75) is 38.3 Å². The highest BCUT2D eigenvalue weighted by molar-refractivity contribution is 5.19. The Morgan fingerprint density at radius 2 is 2.00 bits per heavy atom. The van der Waals surface area contributed by atoms with Gasteiger partial charge in [-0.1, -0.05) is 13.0 Å². The first-order valence-electron chi connectivity index (χ1n) is 6.13. The smallest absolute Gasteiger partial charge is 0.159 e. The number of nitrogens with one attached hydrogen (secondary N) is 1. The predicted octanol–water partition coefficient (Wildman–Crippen LogP) is 2.91. The van der Waals surface area contributed by atoms with Gasteiger partial charge < -0.3 is 10.1 Å². The quantitative estimate of drug-likeness (QED) is 0.846. The van der Waals surface area contributed by atoms with Gasteiger partial charge in [0, 0.05) is 13.2 Å². The zero-order chi connectivity index (χ0) is 13.8. The van der Waals surface area contributed by atoms with E-state index in [0.29, 0.717) is 6.42 Å². The van der Waals surface area contributed by atoms with Crippen molar-refractivity contribution >= 4 is 0 Å². The van der Waals surface area contributed by atoms with Crippen LogP contribution in [-0.2, 0) is 11.2 Å². The summed E-state index contributed by atoms with van der Waals surface area (Å²) < 4.78 is 31.6. The lowest BCUT2D eigenvalue weighted by Crippen LogP contribution is -2.49. The van der Waals surface area contributed by atoms with Crippen LogP contribution in [0.4, 0.5) is 8.78 Å². The third-order valence-electron chi connectivity index (χ3n) is 3.68. The largest absolute Gasteiger partial charge is 0.377 e. The van der Waals surface area contributed by atoms with E-state index in [1.54, 1.807) is 13.2 Å². The Balaban J connectivity index is 2.88. The van der Waals surface area contributed by atoms with Crippen molar-refractivity contribution in [2.75, 3.05) is 14.2 Å². The molecule has 0 aromatic heterocycles. The number of halogens is 2. The second kappa shape index (κ2) is 6.25. The number of ether oxygens (including phenoxy) is 1. The highest BCUT2D eigenvalue weighted by atomic mass is 19.2. The van der Waals surface area contributed by atoms with E-state index in [1.807, 2.05) is 20.9 Å². The van der Waals surface area contributed by atoms with Gasteiger partial charge in [-0.2, -0.15) is 0 Å². The maximum atomic E-state index is 13.2. The van der Waals surface area contributed by atoms with Crippen LogP contribution in [0.2, 0.25) is 0 Å². The van der Waals surface area contributed by atoms with Crippen molar-refractivity contribution in [3.63, 3.8) is 0 Å². The van der Waals surface area contributed by atoms with Crippen LogP contribution in [-0.4, -0.2) is 25.8 Å². The fourth-order valence-corrected chi connectivity index (χ4v) is 2.06. The Bertz CT molecular complexity index is 391. The number of hydrogen-bond donors (Lipinski definition) is 1. The van der Waals surface area contributed by atoms with Crippen molar-refractivity contribution in [3.05, 3.63) is 35.4 Å². The van der Waals surface area contributed by atoms with Crippen molar-refractivity contribution in [3.8, 4) is 0 Å². The van der Waals surface area contributed by atoms with Crippen LogP contribution in [0.3, 0.4) is 0 Å². The lowest BCUT2D eigenvalue weighted by atomic mass is 9.88. The van der Waals surface area contributed by atoms with Crippen LogP contribution >= 0.6 is 0 Å². The first-order valence-corrected chi connectivity index (χ1v) is 6.13. The van der Waals surface area contributed by atoms with Crippen LogP contribution in [0, 0.1) is 11.6 Å². The van der Waals surface area contributed by atoms with E-state index in [1.165, 1.54) is 6.07 Å². The molecular weight excluding hydrogens is 236 g/mol. The number of methoxy groups -OCH3 is 1. The Kier molecular flexibility index (Phi) is 5.23. The molecule has 2 unspecified atom stereocenters. The molecule has 0 saturated heterocycles. The average Bonchev–Trinajstić information content (AvgIpc) is 2.39. The molecule has 0 aliphatic heterocycles. The second-order valence-corrected chi connectivity index (χ2v) is 4.66. The summed E-state index contributed by atoms with van der Waals surface area (Å²) in [4.78, 5) is 0. The van der Waals surface area contributed by atoms with Gasteiger partial charge in [0.15, 0.2) is 11.6 Å². The topological polar surface area (TPSA) is 21.3 Å². The minimum Gasteiger partial charge on any atom is -0.377 e. The lowest BCUT2D eigenvalue weighted by molar-refractivity contribution is -0.0268. The van der Waals surface area contributed by atoms with E-state index in [-0.39, 0.29) is 11.6 Å². The van der Waals surface area contributed by atoms with Gasteiger partial charge in [-0.15, -0.1) is 0 Å². The summed E-state index contributed by atoms with van der Waals surface area (Å²) in [5.41, 5.74) is 0.421. The summed E-state index contributed by atoms with van der Waals surface area (Å²) in [6.45, 7) is 4.05. The molecular formula is C14H21F2NO. The number of hydrogen-bond acceptors (Lipinski definition) is 2. The first-order chi connectivity index (χ1) is 8.46. The fourth-order valence-electron chi connectivity index (χ4n) is 2.06. The monoisotopic (exact) mass is 257 g/mol. The lowest BCUT2D eigenvalue weighted by Gasteiger charge is -2.35. The molecule has 0 aliphatic carbocycles. The van der Waals surface area contributed by atoms with Gasteiger partial charge in [-0.05, 0) is 44.5 Å². The van der Waals surface area contributed by atoms with Crippen LogP contribution in [0.15, 0.2) is 18.2 Å². The molecule has 0 saturated carbocycles. The number of likely N-dealkylation sites (N-methyl/N-ethyl adjacent to an activating group) is 1. The molecule has 1 aromatic carbocycles. The minimum absolute atomic E-state index is 0.0392. The number of benzene rings is 1. The van der Waals surface area contributed by atoms with Crippen molar-refractivity contribution < 1.29 is 13.5 Å². The Morgan fingerprint density at radius 3 is 2.44 bits per heavy atom. The molecule has 2 nitrogen and oxygen atoms in total. The molecule has 1 N–H and O–H groups in total. The SMILES string of the molecule is CCC(C)(OC)C(Cc1ccc(F)c(F)c1)NC. The molecule has 1 rings (SSSR count). The van der Waals surface area contributed by atoms with Crippen LogP contribution in [0.5, 0.6) is 0 Å². The zero-order valence-electron chi connectivity index (χ0n) is 11.4. The van der Waals surface area contributed by atoms with Gasteiger partial charge >= 0.3 is 0 Å². The molecule has 0 heterocycles. The Hall–Kier alpha value is -1.00. The van der Waals surface area contributed by atoms with Crippen LogP contribution in [0.25, 0.3) is 0 Å². The van der Waals surface area contributed by atoms with Crippen molar-refractivity contribution in [1.82, 2.24) is 5.32 Å². The summed E-state index contributed by atoms with van der Waals surface area (Å²) in [7, 11) is 3.51. The van der Waals surface area contributed by atoms with Crippen LogP contribution < -0.4 is 5.32 Å². The van der Waals surface area contributed by atoms with Gasteiger partial charge in [-0.3, -0.25) is 0 Å². The van der Waals surface area contributed by atoms with E-state index in [2.05, 4.69) is 5.32 Å². The summed E-state index contributed by atoms with van der Waals surface area (Å²) in [6.07, 6.45) is 1.42. The zero-order valence-corrected chi connectivity index (χ0v) is 11.4. The van der Waals surface area contributed by atoms with Gasteiger partial charge in [0.2, 0.25) is 0 Å². The summed E-state index contributed by atoms with van der Waals surface area (Å²) >= 11 is 0. The van der Waals surface area contributed by atoms with E-state index in [9.17, 15) is 8.78 Å². The van der Waals surface area contributed by atoms with Gasteiger partial charge in [-0.25, -0.2) is 8.78 Å². The third kappa shape index (κ3) is 3.27. The van der Waals surface area contributed by atoms with Gasteiger partial charge in [0.05, 0.1) is 5.60 Å². The molecule has 0 amide bonds. The van der Waals surface area contributed by atoms with E-state index >= 15 is 0 Å². The molecule has 1 aromatic rings. The van der Waals surface area contributed by atoms with Crippen molar-refractivity contribution in [2.24, 2.45) is 0 Å².